The van der Waals surface area contributed by atoms with Crippen LogP contribution in [0.2, 0.25) is 0 Å². The smallest absolute Gasteiger partial charge is 0.261 e. The highest BCUT2D eigenvalue weighted by atomic mass is 32.2. The summed E-state index contributed by atoms with van der Waals surface area (Å²) in [6.07, 6.45) is 0.711. The maximum absolute atomic E-state index is 12.7. The Hall–Kier alpha value is -3.69. The van der Waals surface area contributed by atoms with Crippen LogP contribution < -0.4 is 15.4 Å². The molecule has 0 radical (unpaired) electrons. The van der Waals surface area contributed by atoms with Crippen molar-refractivity contribution in [2.24, 2.45) is 0 Å². The van der Waals surface area contributed by atoms with Crippen LogP contribution in [0.25, 0.3) is 0 Å². The van der Waals surface area contributed by atoms with Gasteiger partial charge in [0.15, 0.2) is 0 Å². The van der Waals surface area contributed by atoms with Gasteiger partial charge in [0.05, 0.1) is 10.6 Å². The first kappa shape index (κ1) is 25.9. The Kier molecular flexibility index (Phi) is 8.99. The molecular weight excluding hydrogens is 466 g/mol. The van der Waals surface area contributed by atoms with Gasteiger partial charge in [0.1, 0.15) is 0 Å². The first-order chi connectivity index (χ1) is 16.8. The minimum Gasteiger partial charge on any atom is -0.382 e. The molecule has 0 saturated heterocycles. The third-order valence-corrected chi connectivity index (χ3v) is 6.54. The van der Waals surface area contributed by atoms with Gasteiger partial charge in [-0.15, -0.1) is 0 Å². The van der Waals surface area contributed by atoms with Crippen molar-refractivity contribution in [3.05, 3.63) is 89.5 Å². The number of carbonyl (C=O) groups excluding carboxylic acids is 2. The van der Waals surface area contributed by atoms with E-state index in [2.05, 4.69) is 15.4 Å². The lowest BCUT2D eigenvalue weighted by molar-refractivity contribution is 0.0943. The second kappa shape index (κ2) is 12.1. The zero-order chi connectivity index (χ0) is 25.3. The van der Waals surface area contributed by atoms with E-state index in [0.717, 1.165) is 5.56 Å². The Morgan fingerprint density at radius 3 is 2.34 bits per heavy atom. The highest BCUT2D eigenvalue weighted by Crippen LogP contribution is 2.20. The lowest BCUT2D eigenvalue weighted by Crippen LogP contribution is -2.25. The van der Waals surface area contributed by atoms with Crippen LogP contribution in [0.15, 0.2) is 77.7 Å². The third-order valence-electron chi connectivity index (χ3n) is 5.15. The first-order valence-electron chi connectivity index (χ1n) is 11.3. The highest BCUT2D eigenvalue weighted by molar-refractivity contribution is 7.92. The second-order valence-electron chi connectivity index (χ2n) is 7.79. The van der Waals surface area contributed by atoms with Gasteiger partial charge in [-0.25, -0.2) is 8.42 Å². The number of hydrogen-bond acceptors (Lipinski definition) is 5. The fraction of sp³-hybridized carbons (Fsp3) is 0.231. The number of hydrogen-bond donors (Lipinski definition) is 3. The fourth-order valence-corrected chi connectivity index (χ4v) is 4.37. The van der Waals surface area contributed by atoms with Gasteiger partial charge < -0.3 is 15.4 Å². The molecular formula is C26H29N3O5S. The molecule has 3 aromatic carbocycles. The number of para-hydroxylation sites is 1. The Labute approximate surface area is 205 Å². The van der Waals surface area contributed by atoms with Crippen LogP contribution in [0.3, 0.4) is 0 Å². The Morgan fingerprint density at radius 2 is 1.63 bits per heavy atom. The molecule has 0 atom stereocenters. The van der Waals surface area contributed by atoms with Crippen LogP contribution in [0.4, 0.5) is 11.4 Å². The molecule has 0 bridgehead atoms. The van der Waals surface area contributed by atoms with E-state index in [4.69, 9.17) is 4.74 Å². The molecule has 0 aliphatic carbocycles. The summed E-state index contributed by atoms with van der Waals surface area (Å²) in [5.41, 5.74) is 2.45. The minimum atomic E-state index is -3.80. The fourth-order valence-electron chi connectivity index (χ4n) is 3.24. The van der Waals surface area contributed by atoms with Crippen molar-refractivity contribution in [2.75, 3.05) is 29.8 Å². The van der Waals surface area contributed by atoms with Crippen molar-refractivity contribution >= 4 is 33.2 Å². The van der Waals surface area contributed by atoms with Crippen molar-refractivity contribution in [1.29, 1.82) is 0 Å². The van der Waals surface area contributed by atoms with Gasteiger partial charge in [-0.1, -0.05) is 24.3 Å². The molecule has 0 unspecified atom stereocenters. The summed E-state index contributed by atoms with van der Waals surface area (Å²) < 4.78 is 33.2. The normalized spacial score (nSPS) is 11.0. The van der Waals surface area contributed by atoms with Crippen LogP contribution in [0.1, 0.15) is 39.6 Å². The third kappa shape index (κ3) is 7.40. The summed E-state index contributed by atoms with van der Waals surface area (Å²) in [6.45, 7) is 5.43. The predicted octanol–water partition coefficient (Wildman–Crippen LogP) is 4.20. The van der Waals surface area contributed by atoms with E-state index in [-0.39, 0.29) is 16.4 Å². The molecule has 0 aliphatic rings. The van der Waals surface area contributed by atoms with Crippen molar-refractivity contribution in [1.82, 2.24) is 5.32 Å². The molecule has 0 spiro atoms. The zero-order valence-electron chi connectivity index (χ0n) is 19.7. The lowest BCUT2D eigenvalue weighted by Gasteiger charge is -2.11. The van der Waals surface area contributed by atoms with Crippen molar-refractivity contribution in [3.63, 3.8) is 0 Å². The standard InChI is InChI=1S/C26H29N3O5S/c1-3-34-17-7-16-27-25(30)21-9-6-10-22(18-21)28-26(31)20-12-14-23(15-13-20)35(32,33)29-24-11-5-4-8-19(24)2/h4-6,8-15,18,29H,3,7,16-17H2,1-2H3,(H,27,30)(H,28,31). The topological polar surface area (TPSA) is 114 Å². The highest BCUT2D eigenvalue weighted by Gasteiger charge is 2.16. The monoisotopic (exact) mass is 495 g/mol. The molecule has 8 nitrogen and oxygen atoms in total. The van der Waals surface area contributed by atoms with Crippen molar-refractivity contribution in [3.8, 4) is 0 Å². The summed E-state index contributed by atoms with van der Waals surface area (Å²) in [4.78, 5) is 25.1. The van der Waals surface area contributed by atoms with Gasteiger partial charge in [0, 0.05) is 36.6 Å². The average molecular weight is 496 g/mol. The predicted molar refractivity (Wildman–Crippen MR) is 136 cm³/mol. The van der Waals surface area contributed by atoms with E-state index in [0.29, 0.717) is 43.1 Å². The number of ether oxygens (including phenoxy) is 1. The number of amides is 2. The Balaban J connectivity index is 1.62. The molecule has 2 amide bonds. The van der Waals surface area contributed by atoms with Crippen LogP contribution in [-0.2, 0) is 14.8 Å². The van der Waals surface area contributed by atoms with E-state index in [1.807, 2.05) is 26.0 Å². The van der Waals surface area contributed by atoms with E-state index < -0.39 is 15.9 Å². The summed E-state index contributed by atoms with van der Waals surface area (Å²) in [5.74, 6) is -0.664. The van der Waals surface area contributed by atoms with Gasteiger partial charge in [0.25, 0.3) is 21.8 Å². The number of nitrogens with one attached hydrogen (secondary N) is 3. The molecule has 0 saturated carbocycles. The average Bonchev–Trinajstić information content (AvgIpc) is 2.85. The minimum absolute atomic E-state index is 0.0420. The molecule has 0 fully saturated rings. The molecule has 184 valence electrons. The van der Waals surface area contributed by atoms with Crippen LogP contribution in [0, 0.1) is 6.92 Å². The number of benzene rings is 3. The van der Waals surface area contributed by atoms with Crippen LogP contribution >= 0.6 is 0 Å². The lowest BCUT2D eigenvalue weighted by atomic mass is 10.1. The summed E-state index contributed by atoms with van der Waals surface area (Å²) >= 11 is 0. The Bertz CT molecular complexity index is 1270. The summed E-state index contributed by atoms with van der Waals surface area (Å²) in [7, 11) is -3.80. The van der Waals surface area contributed by atoms with Crippen molar-refractivity contribution in [2.45, 2.75) is 25.2 Å². The second-order valence-corrected chi connectivity index (χ2v) is 9.47. The molecule has 0 heterocycles. The SMILES string of the molecule is CCOCCCNC(=O)c1cccc(NC(=O)c2ccc(S(=O)(=O)Nc3ccccc3C)cc2)c1. The van der Waals surface area contributed by atoms with Gasteiger partial charge in [-0.2, -0.15) is 0 Å². The number of sulfonamides is 1. The van der Waals surface area contributed by atoms with Crippen LogP contribution in [-0.4, -0.2) is 40.0 Å². The molecule has 35 heavy (non-hydrogen) atoms. The quantitative estimate of drug-likeness (QED) is 0.345. The first-order valence-corrected chi connectivity index (χ1v) is 12.7. The number of rotatable bonds is 11. The molecule has 3 rings (SSSR count). The molecule has 0 aromatic heterocycles. The van der Waals surface area contributed by atoms with E-state index >= 15 is 0 Å². The summed E-state index contributed by atoms with van der Waals surface area (Å²) in [5, 5.41) is 5.56. The maximum atomic E-state index is 12.7. The maximum Gasteiger partial charge on any atom is 0.261 e. The van der Waals surface area contributed by atoms with Crippen LogP contribution in [0.5, 0.6) is 0 Å². The van der Waals surface area contributed by atoms with E-state index in [1.54, 1.807) is 36.4 Å². The summed E-state index contributed by atoms with van der Waals surface area (Å²) in [6, 6.07) is 19.3. The zero-order valence-corrected chi connectivity index (χ0v) is 20.5. The Morgan fingerprint density at radius 1 is 0.886 bits per heavy atom. The molecule has 9 heteroatoms. The van der Waals surface area contributed by atoms with Gasteiger partial charge >= 0.3 is 0 Å². The molecule has 3 aromatic rings. The number of anilines is 2. The number of carbonyl (C=O) groups is 2. The van der Waals surface area contributed by atoms with Gasteiger partial charge in [-0.3, -0.25) is 14.3 Å². The van der Waals surface area contributed by atoms with E-state index in [9.17, 15) is 18.0 Å². The van der Waals surface area contributed by atoms with E-state index in [1.165, 1.54) is 24.3 Å². The van der Waals surface area contributed by atoms with Gasteiger partial charge in [0.2, 0.25) is 0 Å². The molecule has 0 aliphatic heterocycles. The van der Waals surface area contributed by atoms with Gasteiger partial charge in [-0.05, 0) is 74.4 Å². The van der Waals surface area contributed by atoms with Crippen molar-refractivity contribution < 1.29 is 22.7 Å². The molecule has 3 N–H and O–H groups in total. The number of aryl methyl sites for hydroxylation is 1. The largest absolute Gasteiger partial charge is 0.382 e.